The van der Waals surface area contributed by atoms with E-state index >= 15 is 0 Å². The first-order valence-electron chi connectivity index (χ1n) is 13.1. The normalized spacial score (nSPS) is 24.3. The van der Waals surface area contributed by atoms with Gasteiger partial charge in [0.2, 0.25) is 0 Å². The highest BCUT2D eigenvalue weighted by Gasteiger charge is 2.48. The van der Waals surface area contributed by atoms with Crippen molar-refractivity contribution >= 4 is 23.2 Å². The van der Waals surface area contributed by atoms with Gasteiger partial charge in [0.25, 0.3) is 0 Å². The number of hydrogen-bond acceptors (Lipinski definition) is 6. The summed E-state index contributed by atoms with van der Waals surface area (Å²) < 4.78 is 6.38. The maximum atomic E-state index is 11.6. The minimum Gasteiger partial charge on any atom is -0.384 e. The molecule has 8 heteroatoms. The Morgan fingerprint density at radius 3 is 2.47 bits per heavy atom. The number of nitrogens with zero attached hydrogens (tertiary/aromatic N) is 4. The van der Waals surface area contributed by atoms with Crippen molar-refractivity contribution in [3.63, 3.8) is 0 Å². The fourth-order valence-corrected chi connectivity index (χ4v) is 6.14. The van der Waals surface area contributed by atoms with Crippen molar-refractivity contribution in [1.29, 1.82) is 0 Å². The molecule has 2 aromatic carbocycles. The number of hydrogen-bond donors (Lipinski definition) is 1. The molecule has 1 N–H and O–H groups in total. The lowest BCUT2D eigenvalue weighted by Gasteiger charge is -2.41. The van der Waals surface area contributed by atoms with Gasteiger partial charge in [-0.15, -0.1) is 0 Å². The van der Waals surface area contributed by atoms with Gasteiger partial charge in [0.15, 0.2) is 5.72 Å². The molecule has 1 fully saturated rings. The number of aromatic nitrogens is 1. The van der Waals surface area contributed by atoms with Crippen LogP contribution < -0.4 is 0 Å². The van der Waals surface area contributed by atoms with Crippen LogP contribution in [0.3, 0.4) is 0 Å². The summed E-state index contributed by atoms with van der Waals surface area (Å²) in [5.74, 6) is 0. The second kappa shape index (κ2) is 10.9. The Labute approximate surface area is 235 Å². The molecule has 3 atom stereocenters. The molecule has 202 valence electrons. The van der Waals surface area contributed by atoms with Gasteiger partial charge in [-0.2, -0.15) is 0 Å². The van der Waals surface area contributed by atoms with Crippen molar-refractivity contribution in [3.05, 3.63) is 98.8 Å². The van der Waals surface area contributed by atoms with E-state index in [2.05, 4.69) is 45.8 Å². The van der Waals surface area contributed by atoms with Crippen LogP contribution in [-0.4, -0.2) is 71.2 Å². The number of rotatable bonds is 7. The van der Waals surface area contributed by atoms with Crippen LogP contribution in [0.15, 0.2) is 60.8 Å². The summed E-state index contributed by atoms with van der Waals surface area (Å²) in [4.78, 5) is 11.6. The summed E-state index contributed by atoms with van der Waals surface area (Å²) >= 11 is 12.3. The first-order valence-corrected chi connectivity index (χ1v) is 13.8. The van der Waals surface area contributed by atoms with E-state index in [4.69, 9.17) is 27.9 Å². The Morgan fingerprint density at radius 1 is 1.08 bits per heavy atom. The van der Waals surface area contributed by atoms with Gasteiger partial charge in [-0.1, -0.05) is 53.5 Å². The number of fused-ring (bicyclic) bond motifs is 1. The zero-order valence-electron chi connectivity index (χ0n) is 22.5. The molecule has 1 unspecified atom stereocenters. The number of pyridine rings is 1. The van der Waals surface area contributed by atoms with Crippen LogP contribution in [0, 0.1) is 0 Å². The molecular weight excluding hydrogens is 519 g/mol. The number of piperazine rings is 1. The quantitative estimate of drug-likeness (QED) is 0.438. The van der Waals surface area contributed by atoms with Crippen LogP contribution in [0.25, 0.3) is 0 Å². The number of β-amino-alcohol motifs (C(OH)–C–C–N with tert-alkyl or cyclic N) is 1. The average molecular weight is 556 g/mol. The number of halogens is 2. The van der Waals surface area contributed by atoms with Crippen LogP contribution in [0.2, 0.25) is 10.0 Å². The summed E-state index contributed by atoms with van der Waals surface area (Å²) in [5, 5.41) is 12.9. The molecule has 3 aromatic rings. The topological polar surface area (TPSA) is 52.1 Å². The first-order chi connectivity index (χ1) is 18.1. The summed E-state index contributed by atoms with van der Waals surface area (Å²) in [6.45, 7) is 8.86. The molecule has 0 radical (unpaired) electrons. The summed E-state index contributed by atoms with van der Waals surface area (Å²) in [7, 11) is 3.90. The molecule has 0 bridgehead atoms. The third kappa shape index (κ3) is 5.24. The molecule has 0 aliphatic carbocycles. The Bertz CT molecular complexity index is 1270. The number of ether oxygens (including phenoxy) is 1. The van der Waals surface area contributed by atoms with Crippen molar-refractivity contribution in [3.8, 4) is 0 Å². The van der Waals surface area contributed by atoms with Crippen LogP contribution in [0.5, 0.6) is 0 Å². The van der Waals surface area contributed by atoms with Crippen LogP contribution >= 0.6 is 23.2 Å². The summed E-state index contributed by atoms with van der Waals surface area (Å²) in [5.41, 5.74) is 3.18. The van der Waals surface area contributed by atoms with Crippen LogP contribution in [0.1, 0.15) is 41.8 Å². The summed E-state index contributed by atoms with van der Waals surface area (Å²) in [6, 6.07) is 18.4. The van der Waals surface area contributed by atoms with E-state index in [1.165, 1.54) is 0 Å². The first kappa shape index (κ1) is 27.5. The predicted octanol–water partition coefficient (Wildman–Crippen LogP) is 5.10. The van der Waals surface area contributed by atoms with Gasteiger partial charge >= 0.3 is 0 Å². The van der Waals surface area contributed by atoms with Crippen LogP contribution in [0.4, 0.5) is 0 Å². The van der Waals surface area contributed by atoms with Gasteiger partial charge in [-0.3, -0.25) is 14.8 Å². The van der Waals surface area contributed by atoms with E-state index in [0.29, 0.717) is 35.7 Å². The third-order valence-corrected chi connectivity index (χ3v) is 8.62. The zero-order valence-corrected chi connectivity index (χ0v) is 24.0. The van der Waals surface area contributed by atoms with Gasteiger partial charge in [-0.25, -0.2) is 0 Å². The molecule has 0 spiro atoms. The predicted molar refractivity (Wildman–Crippen MR) is 152 cm³/mol. The molecule has 0 amide bonds. The molecule has 2 aliphatic rings. The fraction of sp³-hybridized carbons (Fsp3) is 0.433. The smallest absolute Gasteiger partial charge is 0.174 e. The molecule has 1 aromatic heterocycles. The highest BCUT2D eigenvalue weighted by Crippen LogP contribution is 2.46. The Kier molecular flexibility index (Phi) is 7.87. The summed E-state index contributed by atoms with van der Waals surface area (Å²) in [6.07, 6.45) is 1.67. The van der Waals surface area contributed by atoms with E-state index in [1.54, 1.807) is 13.3 Å². The molecule has 3 heterocycles. The van der Waals surface area contributed by atoms with Crippen molar-refractivity contribution in [2.75, 3.05) is 40.3 Å². The molecule has 38 heavy (non-hydrogen) atoms. The highest BCUT2D eigenvalue weighted by molar-refractivity contribution is 6.30. The standard InChI is InChI=1S/C30H36Cl2N4O2/c1-21-17-35(14-13-34(21)3)20-29(2,37)24-7-12-28-22(15-24)18-36(19-27-11-10-26(32)16-33-27)30(28,38-4)23-5-8-25(31)9-6-23/h5-12,15-16,21,37H,13-14,17-20H2,1-4H3/t21-,29?,30+/m0/s1. The second-order valence-electron chi connectivity index (χ2n) is 10.9. The molecular formula is C30H36Cl2N4O2. The van der Waals surface area contributed by atoms with E-state index < -0.39 is 11.3 Å². The minimum atomic E-state index is -0.980. The third-order valence-electron chi connectivity index (χ3n) is 8.15. The number of methoxy groups -OCH3 is 1. The van der Waals surface area contributed by atoms with E-state index in [0.717, 1.165) is 47.6 Å². The SMILES string of the molecule is CO[C@]1(c2ccc(Cl)cc2)c2ccc(C(C)(O)CN3CCN(C)[C@@H](C)C3)cc2CN1Cc1ccc(Cl)cn1. The average Bonchev–Trinajstić information content (AvgIpc) is 3.21. The van der Waals surface area contributed by atoms with Crippen molar-refractivity contribution < 1.29 is 9.84 Å². The largest absolute Gasteiger partial charge is 0.384 e. The van der Waals surface area contributed by atoms with Gasteiger partial charge in [-0.05, 0) is 56.3 Å². The molecule has 2 aliphatic heterocycles. The van der Waals surface area contributed by atoms with Crippen molar-refractivity contribution in [2.45, 2.75) is 44.3 Å². The fourth-order valence-electron chi connectivity index (χ4n) is 5.91. The van der Waals surface area contributed by atoms with E-state index in [9.17, 15) is 5.11 Å². The molecule has 6 nitrogen and oxygen atoms in total. The number of likely N-dealkylation sites (N-methyl/N-ethyl adjacent to an activating group) is 1. The lowest BCUT2D eigenvalue weighted by molar-refractivity contribution is -0.107. The molecule has 0 saturated carbocycles. The highest BCUT2D eigenvalue weighted by atomic mass is 35.5. The Hall–Kier alpha value is -2.03. The lowest BCUT2D eigenvalue weighted by Crippen LogP contribution is -2.53. The molecule has 5 rings (SSSR count). The van der Waals surface area contributed by atoms with Gasteiger partial charge < -0.3 is 14.7 Å². The molecule has 1 saturated heterocycles. The van der Waals surface area contributed by atoms with Gasteiger partial charge in [0.05, 0.1) is 16.3 Å². The van der Waals surface area contributed by atoms with Crippen LogP contribution in [-0.2, 0) is 29.2 Å². The maximum Gasteiger partial charge on any atom is 0.174 e. The van der Waals surface area contributed by atoms with Gasteiger partial charge in [0, 0.05) is 74.8 Å². The van der Waals surface area contributed by atoms with Crippen molar-refractivity contribution in [2.24, 2.45) is 0 Å². The lowest BCUT2D eigenvalue weighted by atomic mass is 9.88. The van der Waals surface area contributed by atoms with Crippen molar-refractivity contribution in [1.82, 2.24) is 19.7 Å². The van der Waals surface area contributed by atoms with E-state index in [1.807, 2.05) is 49.4 Å². The number of aliphatic hydroxyl groups is 1. The van der Waals surface area contributed by atoms with Gasteiger partial charge in [0.1, 0.15) is 0 Å². The Balaban J connectivity index is 1.50. The maximum absolute atomic E-state index is 11.6. The Morgan fingerprint density at radius 2 is 1.82 bits per heavy atom. The minimum absolute atomic E-state index is 0.469. The number of benzene rings is 2. The van der Waals surface area contributed by atoms with E-state index in [-0.39, 0.29) is 0 Å². The zero-order chi connectivity index (χ0) is 27.1. The second-order valence-corrected chi connectivity index (χ2v) is 11.8. The monoisotopic (exact) mass is 554 g/mol.